The van der Waals surface area contributed by atoms with Crippen LogP contribution in [-0.4, -0.2) is 26.6 Å². The van der Waals surface area contributed by atoms with Gasteiger partial charge in [0.05, 0.1) is 6.33 Å². The van der Waals surface area contributed by atoms with Gasteiger partial charge in [0, 0.05) is 17.3 Å². The molecule has 5 heteroatoms. The first kappa shape index (κ1) is 10.7. The Morgan fingerprint density at radius 1 is 1.57 bits per heavy atom. The number of imidazole rings is 1. The lowest BCUT2D eigenvalue weighted by atomic mass is 9.72. The van der Waals surface area contributed by atoms with Gasteiger partial charge >= 0.3 is 5.97 Å². The Labute approximate surface area is 82.3 Å². The normalized spacial score (nSPS) is 16.3. The number of rotatable bonds is 3. The zero-order chi connectivity index (χ0) is 11.0. The summed E-state index contributed by atoms with van der Waals surface area (Å²) in [7, 11) is 0. The summed E-state index contributed by atoms with van der Waals surface area (Å²) in [6, 6.07) is 0. The van der Waals surface area contributed by atoms with Crippen molar-refractivity contribution >= 4 is 5.97 Å². The van der Waals surface area contributed by atoms with E-state index in [2.05, 4.69) is 9.97 Å². The van der Waals surface area contributed by atoms with Gasteiger partial charge < -0.3 is 15.8 Å². The van der Waals surface area contributed by atoms with E-state index in [1.54, 1.807) is 20.0 Å². The van der Waals surface area contributed by atoms with E-state index in [0.717, 1.165) is 0 Å². The standard InChI is InChI=1S/C9H15N3O2/c1-8(2,6-4-11-5-12-6)9(3,10)7(13)14/h4-5H,10H2,1-3H3,(H,11,12)(H,13,14)/t9-/m1/s1. The molecule has 1 atom stereocenters. The summed E-state index contributed by atoms with van der Waals surface area (Å²) >= 11 is 0. The molecule has 0 saturated heterocycles. The lowest BCUT2D eigenvalue weighted by Crippen LogP contribution is -2.58. The van der Waals surface area contributed by atoms with Gasteiger partial charge in [-0.3, -0.25) is 4.79 Å². The first-order valence-corrected chi connectivity index (χ1v) is 4.31. The molecule has 1 aromatic heterocycles. The maximum atomic E-state index is 11.0. The van der Waals surface area contributed by atoms with Crippen LogP contribution in [0.2, 0.25) is 0 Å². The topological polar surface area (TPSA) is 92.0 Å². The zero-order valence-corrected chi connectivity index (χ0v) is 8.53. The Morgan fingerprint density at radius 2 is 2.14 bits per heavy atom. The zero-order valence-electron chi connectivity index (χ0n) is 8.53. The highest BCUT2D eigenvalue weighted by molar-refractivity contribution is 5.80. The summed E-state index contributed by atoms with van der Waals surface area (Å²) in [5.41, 5.74) is 4.46. The molecule has 0 fully saturated rings. The summed E-state index contributed by atoms with van der Waals surface area (Å²) in [6.45, 7) is 5.04. The van der Waals surface area contributed by atoms with E-state index < -0.39 is 16.9 Å². The van der Waals surface area contributed by atoms with E-state index in [-0.39, 0.29) is 0 Å². The van der Waals surface area contributed by atoms with Gasteiger partial charge in [-0.15, -0.1) is 0 Å². The molecule has 14 heavy (non-hydrogen) atoms. The first-order chi connectivity index (χ1) is 6.30. The minimum Gasteiger partial charge on any atom is -0.480 e. The van der Waals surface area contributed by atoms with Crippen molar-refractivity contribution in [3.05, 3.63) is 18.2 Å². The summed E-state index contributed by atoms with van der Waals surface area (Å²) < 4.78 is 0. The quantitative estimate of drug-likeness (QED) is 0.657. The summed E-state index contributed by atoms with van der Waals surface area (Å²) in [4.78, 5) is 17.7. The van der Waals surface area contributed by atoms with Crippen molar-refractivity contribution < 1.29 is 9.90 Å². The number of aromatic amines is 1. The Balaban J connectivity index is 3.13. The number of nitrogens with one attached hydrogen (secondary N) is 1. The van der Waals surface area contributed by atoms with Crippen molar-refractivity contribution in [2.24, 2.45) is 5.73 Å². The highest BCUT2D eigenvalue weighted by Gasteiger charge is 2.46. The number of nitrogens with two attached hydrogens (primary N) is 1. The minimum absolute atomic E-state index is 0.699. The van der Waals surface area contributed by atoms with Crippen molar-refractivity contribution in [2.75, 3.05) is 0 Å². The molecule has 0 bridgehead atoms. The molecule has 78 valence electrons. The third kappa shape index (κ3) is 1.39. The van der Waals surface area contributed by atoms with E-state index in [1.807, 2.05) is 0 Å². The van der Waals surface area contributed by atoms with Gasteiger partial charge in [-0.1, -0.05) is 13.8 Å². The lowest BCUT2D eigenvalue weighted by Gasteiger charge is -2.36. The van der Waals surface area contributed by atoms with Crippen molar-refractivity contribution in [1.82, 2.24) is 9.97 Å². The summed E-state index contributed by atoms with van der Waals surface area (Å²) in [5.74, 6) is -1.03. The predicted molar refractivity (Wildman–Crippen MR) is 51.8 cm³/mol. The molecule has 0 spiro atoms. The van der Waals surface area contributed by atoms with Gasteiger partial charge in [-0.2, -0.15) is 0 Å². The highest BCUT2D eigenvalue weighted by atomic mass is 16.4. The fourth-order valence-electron chi connectivity index (χ4n) is 1.14. The molecule has 1 rings (SSSR count). The lowest BCUT2D eigenvalue weighted by molar-refractivity contribution is -0.145. The Hall–Kier alpha value is -1.36. The molecule has 0 radical (unpaired) electrons. The van der Waals surface area contributed by atoms with Crippen LogP contribution in [0.5, 0.6) is 0 Å². The van der Waals surface area contributed by atoms with Crippen molar-refractivity contribution in [1.29, 1.82) is 0 Å². The third-order valence-electron chi connectivity index (χ3n) is 2.91. The third-order valence-corrected chi connectivity index (χ3v) is 2.91. The van der Waals surface area contributed by atoms with Crippen LogP contribution in [0.3, 0.4) is 0 Å². The number of aromatic nitrogens is 2. The van der Waals surface area contributed by atoms with Crippen molar-refractivity contribution in [3.63, 3.8) is 0 Å². The Bertz CT molecular complexity index is 328. The molecule has 0 aliphatic heterocycles. The Morgan fingerprint density at radius 3 is 2.50 bits per heavy atom. The molecular formula is C9H15N3O2. The maximum Gasteiger partial charge on any atom is 0.324 e. The van der Waals surface area contributed by atoms with Gasteiger partial charge in [-0.05, 0) is 6.92 Å². The number of hydrogen-bond acceptors (Lipinski definition) is 3. The number of carbonyl (C=O) groups is 1. The van der Waals surface area contributed by atoms with Gasteiger partial charge in [0.25, 0.3) is 0 Å². The van der Waals surface area contributed by atoms with Gasteiger partial charge in [0.2, 0.25) is 0 Å². The molecule has 0 saturated carbocycles. The monoisotopic (exact) mass is 197 g/mol. The smallest absolute Gasteiger partial charge is 0.324 e. The molecule has 0 aromatic carbocycles. The van der Waals surface area contributed by atoms with Gasteiger partial charge in [0.15, 0.2) is 0 Å². The largest absolute Gasteiger partial charge is 0.480 e. The molecule has 0 aliphatic rings. The van der Waals surface area contributed by atoms with Crippen LogP contribution in [0.25, 0.3) is 0 Å². The summed E-state index contributed by atoms with van der Waals surface area (Å²) in [5, 5.41) is 9.02. The molecule has 5 nitrogen and oxygen atoms in total. The van der Waals surface area contributed by atoms with Crippen molar-refractivity contribution in [3.8, 4) is 0 Å². The fourth-order valence-corrected chi connectivity index (χ4v) is 1.14. The van der Waals surface area contributed by atoms with E-state index in [4.69, 9.17) is 10.8 Å². The minimum atomic E-state index is -1.33. The molecule has 1 heterocycles. The maximum absolute atomic E-state index is 11.0. The summed E-state index contributed by atoms with van der Waals surface area (Å²) in [6.07, 6.45) is 3.10. The van der Waals surface area contributed by atoms with Crippen molar-refractivity contribution in [2.45, 2.75) is 31.7 Å². The fraction of sp³-hybridized carbons (Fsp3) is 0.556. The molecule has 0 amide bonds. The second-order valence-electron chi connectivity index (χ2n) is 4.10. The number of aliphatic carboxylic acids is 1. The molecule has 1 aromatic rings. The van der Waals surface area contributed by atoms with Crippen LogP contribution in [0.4, 0.5) is 0 Å². The van der Waals surface area contributed by atoms with Gasteiger partial charge in [0.1, 0.15) is 5.54 Å². The van der Waals surface area contributed by atoms with Crippen LogP contribution < -0.4 is 5.73 Å². The van der Waals surface area contributed by atoms with Gasteiger partial charge in [-0.25, -0.2) is 4.98 Å². The highest BCUT2D eigenvalue weighted by Crippen LogP contribution is 2.31. The average Bonchev–Trinajstić information content (AvgIpc) is 2.55. The molecular weight excluding hydrogens is 182 g/mol. The van der Waals surface area contributed by atoms with Crippen LogP contribution >= 0.6 is 0 Å². The second-order valence-corrected chi connectivity index (χ2v) is 4.10. The second kappa shape index (κ2) is 3.09. The number of carboxylic acids is 1. The number of hydrogen-bond donors (Lipinski definition) is 3. The SMILES string of the molecule is CC(C)(c1cnc[nH]1)[C@](C)(N)C(=O)O. The predicted octanol–water partition coefficient (Wildman–Crippen LogP) is 0.489. The first-order valence-electron chi connectivity index (χ1n) is 4.31. The van der Waals surface area contributed by atoms with E-state index in [1.165, 1.54) is 13.3 Å². The number of nitrogens with zero attached hydrogens (tertiary/aromatic N) is 1. The molecule has 4 N–H and O–H groups in total. The average molecular weight is 197 g/mol. The molecule has 0 unspecified atom stereocenters. The van der Waals surface area contributed by atoms with Crippen LogP contribution in [-0.2, 0) is 10.2 Å². The van der Waals surface area contributed by atoms with Crippen LogP contribution in [0, 0.1) is 0 Å². The van der Waals surface area contributed by atoms with E-state index in [9.17, 15) is 4.79 Å². The van der Waals surface area contributed by atoms with Crippen LogP contribution in [0.1, 0.15) is 26.5 Å². The van der Waals surface area contributed by atoms with E-state index >= 15 is 0 Å². The van der Waals surface area contributed by atoms with Crippen LogP contribution in [0.15, 0.2) is 12.5 Å². The Kier molecular flexibility index (Phi) is 2.37. The van der Waals surface area contributed by atoms with E-state index in [0.29, 0.717) is 5.69 Å². The molecule has 0 aliphatic carbocycles. The number of carboxylic acid groups (broad SMARTS) is 1. The number of H-pyrrole nitrogens is 1.